The van der Waals surface area contributed by atoms with E-state index in [1.54, 1.807) is 23.0 Å². The Morgan fingerprint density at radius 2 is 2.07 bits per heavy atom. The number of halogens is 2. The minimum absolute atomic E-state index is 0.326. The molecule has 140 valence electrons. The lowest BCUT2D eigenvalue weighted by atomic mass is 10.2. The van der Waals surface area contributed by atoms with Crippen LogP contribution < -0.4 is 4.74 Å². The average Bonchev–Trinajstić information content (AvgIpc) is 3.00. The van der Waals surface area contributed by atoms with Crippen molar-refractivity contribution in [1.29, 1.82) is 0 Å². The van der Waals surface area contributed by atoms with Gasteiger partial charge in [0, 0.05) is 27.6 Å². The summed E-state index contributed by atoms with van der Waals surface area (Å²) in [4.78, 5) is 0. The van der Waals surface area contributed by atoms with Crippen LogP contribution in [0.2, 0.25) is 10.0 Å². The van der Waals surface area contributed by atoms with Crippen molar-refractivity contribution in [2.45, 2.75) is 26.4 Å². The third-order valence-corrected chi connectivity index (χ3v) is 4.67. The van der Waals surface area contributed by atoms with Crippen LogP contribution >= 0.6 is 35.4 Å². The molecule has 0 bridgehead atoms. The van der Waals surface area contributed by atoms with Crippen LogP contribution in [0.15, 0.2) is 47.6 Å². The largest absolute Gasteiger partial charge is 0.488 e. The summed E-state index contributed by atoms with van der Waals surface area (Å²) in [5.74, 6) is 1.49. The van der Waals surface area contributed by atoms with Gasteiger partial charge in [0.1, 0.15) is 12.4 Å². The molecule has 3 aromatic rings. The molecule has 2 aromatic carbocycles. The predicted octanol–water partition coefficient (Wildman–Crippen LogP) is 5.66. The van der Waals surface area contributed by atoms with Crippen LogP contribution in [0, 0.1) is 4.77 Å². The Morgan fingerprint density at radius 1 is 1.26 bits per heavy atom. The van der Waals surface area contributed by atoms with Crippen molar-refractivity contribution in [3.63, 3.8) is 0 Å². The summed E-state index contributed by atoms with van der Waals surface area (Å²) in [6.07, 6.45) is 3.46. The zero-order chi connectivity index (χ0) is 19.2. The van der Waals surface area contributed by atoms with Crippen molar-refractivity contribution in [1.82, 2.24) is 14.9 Å². The molecule has 1 heterocycles. The first-order valence-electron chi connectivity index (χ1n) is 8.45. The summed E-state index contributed by atoms with van der Waals surface area (Å²) in [6.45, 7) is 2.41. The molecule has 1 aromatic heterocycles. The van der Waals surface area contributed by atoms with Crippen LogP contribution in [-0.4, -0.2) is 21.1 Å². The minimum atomic E-state index is 0.326. The van der Waals surface area contributed by atoms with E-state index >= 15 is 0 Å². The van der Waals surface area contributed by atoms with E-state index < -0.39 is 0 Å². The van der Waals surface area contributed by atoms with Gasteiger partial charge in [0.05, 0.1) is 6.21 Å². The second kappa shape index (κ2) is 9.17. The fraction of sp³-hybridized carbons (Fsp3) is 0.211. The Kier molecular flexibility index (Phi) is 6.66. The van der Waals surface area contributed by atoms with Gasteiger partial charge in [-0.25, -0.2) is 0 Å². The highest BCUT2D eigenvalue weighted by Gasteiger charge is 2.07. The maximum atomic E-state index is 6.21. The van der Waals surface area contributed by atoms with Crippen molar-refractivity contribution in [3.8, 4) is 5.75 Å². The molecule has 0 aliphatic rings. The highest BCUT2D eigenvalue weighted by atomic mass is 35.5. The van der Waals surface area contributed by atoms with E-state index in [0.717, 1.165) is 29.8 Å². The van der Waals surface area contributed by atoms with Gasteiger partial charge in [0.25, 0.3) is 0 Å². The average molecular weight is 421 g/mol. The molecule has 1 N–H and O–H groups in total. The van der Waals surface area contributed by atoms with Crippen LogP contribution in [0.25, 0.3) is 0 Å². The number of aromatic nitrogens is 3. The number of nitrogens with zero attached hydrogens (tertiary/aromatic N) is 3. The van der Waals surface area contributed by atoms with Crippen molar-refractivity contribution < 1.29 is 4.74 Å². The van der Waals surface area contributed by atoms with Crippen molar-refractivity contribution >= 4 is 41.6 Å². The van der Waals surface area contributed by atoms with Crippen LogP contribution in [0.1, 0.15) is 30.3 Å². The van der Waals surface area contributed by atoms with Gasteiger partial charge in [0.2, 0.25) is 4.77 Å². The van der Waals surface area contributed by atoms with Crippen LogP contribution in [0.3, 0.4) is 0 Å². The SMILES string of the molecule is CCCc1n[nH]c(=S)n1/N=C/c1ccccc1OCc1ccc(Cl)cc1Cl. The molecule has 0 spiro atoms. The topological polar surface area (TPSA) is 55.2 Å². The number of hydrogen-bond donors (Lipinski definition) is 1. The lowest BCUT2D eigenvalue weighted by molar-refractivity contribution is 0.306. The van der Waals surface area contributed by atoms with Crippen molar-refractivity contribution in [2.24, 2.45) is 5.10 Å². The third kappa shape index (κ3) is 4.97. The number of rotatable bonds is 7. The highest BCUT2D eigenvalue weighted by Crippen LogP contribution is 2.24. The molecule has 0 saturated heterocycles. The predicted molar refractivity (Wildman–Crippen MR) is 112 cm³/mol. The Bertz CT molecular complexity index is 1010. The smallest absolute Gasteiger partial charge is 0.216 e. The van der Waals surface area contributed by atoms with Crippen LogP contribution in [0.4, 0.5) is 0 Å². The molecule has 0 saturated carbocycles. The second-order valence-corrected chi connectivity index (χ2v) is 7.04. The maximum absolute atomic E-state index is 6.21. The Balaban J connectivity index is 1.80. The molecule has 0 aliphatic carbocycles. The summed E-state index contributed by atoms with van der Waals surface area (Å²) in [5.41, 5.74) is 1.68. The summed E-state index contributed by atoms with van der Waals surface area (Å²) >= 11 is 17.4. The monoisotopic (exact) mass is 420 g/mol. The number of aryl methyl sites for hydroxylation is 1. The van der Waals surface area contributed by atoms with E-state index in [2.05, 4.69) is 22.2 Å². The van der Waals surface area contributed by atoms with E-state index in [9.17, 15) is 0 Å². The van der Waals surface area contributed by atoms with Gasteiger partial charge in [-0.1, -0.05) is 48.3 Å². The first-order valence-corrected chi connectivity index (χ1v) is 9.61. The Labute approximate surface area is 172 Å². The molecule has 0 amide bonds. The van der Waals surface area contributed by atoms with Gasteiger partial charge in [-0.15, -0.1) is 0 Å². The Morgan fingerprint density at radius 3 is 2.85 bits per heavy atom. The molecule has 0 atom stereocenters. The number of aromatic amines is 1. The number of para-hydroxylation sites is 1. The lowest BCUT2D eigenvalue weighted by Crippen LogP contribution is -2.01. The van der Waals surface area contributed by atoms with E-state index in [0.29, 0.717) is 27.2 Å². The molecular weight excluding hydrogens is 403 g/mol. The zero-order valence-electron chi connectivity index (χ0n) is 14.7. The molecule has 27 heavy (non-hydrogen) atoms. The highest BCUT2D eigenvalue weighted by molar-refractivity contribution is 7.71. The number of hydrogen-bond acceptors (Lipinski definition) is 4. The summed E-state index contributed by atoms with van der Waals surface area (Å²) in [6, 6.07) is 13.0. The van der Waals surface area contributed by atoms with E-state index in [1.165, 1.54) is 0 Å². The number of nitrogens with one attached hydrogen (secondary N) is 1. The molecular formula is C19H18Cl2N4OS. The number of benzene rings is 2. The third-order valence-electron chi connectivity index (χ3n) is 3.82. The first-order chi connectivity index (χ1) is 13.1. The normalized spacial score (nSPS) is 11.2. The Hall–Kier alpha value is -2.15. The van der Waals surface area contributed by atoms with Gasteiger partial charge in [-0.2, -0.15) is 14.9 Å². The standard InChI is InChI=1S/C19H18Cl2N4OS/c1-2-5-18-23-24-19(27)25(18)22-11-13-6-3-4-7-17(13)26-12-14-8-9-15(20)10-16(14)21/h3-4,6-11H,2,5,12H2,1H3,(H,24,27)/b22-11+. The zero-order valence-corrected chi connectivity index (χ0v) is 17.0. The van der Waals surface area contributed by atoms with E-state index in [1.807, 2.05) is 30.3 Å². The molecule has 0 radical (unpaired) electrons. The number of ether oxygens (including phenoxy) is 1. The van der Waals surface area contributed by atoms with Crippen LogP contribution in [0.5, 0.6) is 5.75 Å². The summed E-state index contributed by atoms with van der Waals surface area (Å²) in [5, 5.41) is 12.6. The van der Waals surface area contributed by atoms with Crippen molar-refractivity contribution in [3.05, 3.63) is 74.2 Å². The summed E-state index contributed by atoms with van der Waals surface area (Å²) in [7, 11) is 0. The van der Waals surface area contributed by atoms with Crippen LogP contribution in [-0.2, 0) is 13.0 Å². The van der Waals surface area contributed by atoms with Gasteiger partial charge < -0.3 is 4.74 Å². The number of H-pyrrole nitrogens is 1. The first kappa shape index (κ1) is 19.6. The molecule has 0 aliphatic heterocycles. The fourth-order valence-electron chi connectivity index (χ4n) is 2.46. The van der Waals surface area contributed by atoms with E-state index in [-0.39, 0.29) is 0 Å². The molecule has 5 nitrogen and oxygen atoms in total. The lowest BCUT2D eigenvalue weighted by Gasteiger charge is -2.10. The van der Waals surface area contributed by atoms with E-state index in [4.69, 9.17) is 40.2 Å². The molecule has 3 rings (SSSR count). The minimum Gasteiger partial charge on any atom is -0.488 e. The maximum Gasteiger partial charge on any atom is 0.216 e. The van der Waals surface area contributed by atoms with Crippen molar-refractivity contribution in [2.75, 3.05) is 0 Å². The summed E-state index contributed by atoms with van der Waals surface area (Å²) < 4.78 is 8.03. The quantitative estimate of drug-likeness (QED) is 0.396. The molecule has 0 unspecified atom stereocenters. The van der Waals surface area contributed by atoms with Gasteiger partial charge in [-0.05, 0) is 42.9 Å². The molecule has 8 heteroatoms. The second-order valence-electron chi connectivity index (χ2n) is 5.81. The van der Waals surface area contributed by atoms with Gasteiger partial charge in [-0.3, -0.25) is 5.10 Å². The van der Waals surface area contributed by atoms with Gasteiger partial charge in [0.15, 0.2) is 5.82 Å². The van der Waals surface area contributed by atoms with Gasteiger partial charge >= 0.3 is 0 Å². The fourth-order valence-corrected chi connectivity index (χ4v) is 3.12. The molecule has 0 fully saturated rings.